The number of likely N-dealkylation sites (N-methyl/N-ethyl adjacent to an activating group) is 1. The highest BCUT2D eigenvalue weighted by atomic mass is 19.1. The lowest BCUT2D eigenvalue weighted by Gasteiger charge is -2.19. The number of rotatable bonds is 4. The molecule has 0 spiro atoms. The Labute approximate surface area is 89.2 Å². The van der Waals surface area contributed by atoms with Crippen LogP contribution in [0, 0.1) is 16.6 Å². The second-order valence-corrected chi connectivity index (χ2v) is 2.96. The Balaban J connectivity index is 0.00000225. The summed E-state index contributed by atoms with van der Waals surface area (Å²) >= 11 is 0. The molecule has 0 aliphatic rings. The molecule has 0 heterocycles. The normalized spacial score (nSPS) is 9.73. The maximum atomic E-state index is 12.9. The molecule has 3 N–H and O–H groups in total. The molecule has 0 aliphatic carbocycles. The van der Waals surface area contributed by atoms with E-state index in [1.807, 2.05) is 0 Å². The van der Waals surface area contributed by atoms with Crippen LogP contribution in [-0.2, 0) is 0 Å². The molecule has 0 aromatic heterocycles. The van der Waals surface area contributed by atoms with E-state index in [2.05, 4.69) is 5.32 Å². The molecule has 0 amide bonds. The van der Waals surface area contributed by atoms with Gasteiger partial charge in [0.15, 0.2) is 0 Å². The summed E-state index contributed by atoms with van der Waals surface area (Å²) in [5, 5.41) is 17.6. The van der Waals surface area contributed by atoms with Crippen LogP contribution in [0.3, 0.4) is 0 Å². The van der Waals surface area contributed by atoms with E-state index in [0.717, 1.165) is 6.34 Å². The molecule has 15 heavy (non-hydrogen) atoms. The Kier molecular flexibility index (Phi) is 3.93. The molecule has 0 atom stereocenters. The Morgan fingerprint density at radius 3 is 2.93 bits per heavy atom. The Hall–Kier alpha value is -1.75. The van der Waals surface area contributed by atoms with Gasteiger partial charge in [0.1, 0.15) is 11.7 Å². The number of anilines is 1. The van der Waals surface area contributed by atoms with E-state index in [1.54, 1.807) is 19.2 Å². The van der Waals surface area contributed by atoms with Crippen molar-refractivity contribution in [1.82, 2.24) is 5.32 Å². The quantitative estimate of drug-likeness (QED) is 0.523. The van der Waals surface area contributed by atoms with Gasteiger partial charge in [0, 0.05) is 1.43 Å². The third-order valence-corrected chi connectivity index (χ3v) is 1.85. The van der Waals surface area contributed by atoms with Crippen molar-refractivity contribution in [2.75, 3.05) is 18.5 Å². The first-order chi connectivity index (χ1) is 7.19. The average Bonchev–Trinajstić information content (AvgIpc) is 2.19. The summed E-state index contributed by atoms with van der Waals surface area (Å²) in [5.74, 6) is -0.185. The number of hydrogen-bond acceptors (Lipinski definition) is 3. The molecule has 0 fully saturated rings. The summed E-state index contributed by atoms with van der Waals surface area (Å²) in [6, 6.07) is 5.81. The molecule has 0 aliphatic heterocycles. The summed E-state index contributed by atoms with van der Waals surface area (Å²) < 4.78 is 12.9. The van der Waals surface area contributed by atoms with Crippen molar-refractivity contribution in [3.63, 3.8) is 0 Å². The lowest BCUT2D eigenvalue weighted by atomic mass is 10.3. The average molecular weight is 210 g/mol. The number of nitrogens with zero attached hydrogens (tertiary/aromatic N) is 1. The van der Waals surface area contributed by atoms with E-state index in [9.17, 15) is 4.39 Å². The highest BCUT2D eigenvalue weighted by Gasteiger charge is 2.09. The van der Waals surface area contributed by atoms with Crippen molar-refractivity contribution < 1.29 is 5.82 Å². The summed E-state index contributed by atoms with van der Waals surface area (Å²) in [4.78, 5) is 1.31. The van der Waals surface area contributed by atoms with Gasteiger partial charge in [-0.1, -0.05) is 6.07 Å². The largest absolute Gasteiger partial charge is 0.313 e. The van der Waals surface area contributed by atoms with Crippen LogP contribution in [0.25, 0.3) is 0 Å². The van der Waals surface area contributed by atoms with Gasteiger partial charge >= 0.3 is 0 Å². The number of halogens is 1. The number of hydrogen-bond donors (Lipinski definition) is 3. The van der Waals surface area contributed by atoms with Gasteiger partial charge in [0.2, 0.25) is 0 Å². The fraction of sp³-hybridized carbons (Fsp3) is 0.200. The third-order valence-electron chi connectivity index (χ3n) is 1.85. The number of amidine groups is 1. The monoisotopic (exact) mass is 210 g/mol. The molecule has 1 aromatic rings. The first-order valence-corrected chi connectivity index (χ1v) is 4.46. The number of benzene rings is 1. The molecule has 4 nitrogen and oxygen atoms in total. The van der Waals surface area contributed by atoms with Crippen molar-refractivity contribution in [1.29, 1.82) is 10.8 Å². The fourth-order valence-electron chi connectivity index (χ4n) is 1.19. The first-order valence-electron chi connectivity index (χ1n) is 4.46. The standard InChI is InChI=1S/C10H13FN4.H2/c1-14-6-10(13)15(7-12)9-4-2-3-8(11)5-9;/h2-5,7,12-14H,6H2,1H3;1H. The SMILES string of the molecule is CNCC(=N)N(C=N)c1cccc(F)c1.[HH]. The number of nitrogens with one attached hydrogen (secondary N) is 3. The molecule has 1 aromatic carbocycles. The molecule has 0 radical (unpaired) electrons. The summed E-state index contributed by atoms with van der Waals surface area (Å²) in [6.45, 7) is 0.325. The molecular weight excluding hydrogens is 195 g/mol. The Bertz CT molecular complexity index is 370. The van der Waals surface area contributed by atoms with Crippen molar-refractivity contribution in [3.05, 3.63) is 30.1 Å². The van der Waals surface area contributed by atoms with Crippen molar-refractivity contribution >= 4 is 17.9 Å². The van der Waals surface area contributed by atoms with Crippen molar-refractivity contribution in [3.8, 4) is 0 Å². The van der Waals surface area contributed by atoms with E-state index < -0.39 is 0 Å². The second-order valence-electron chi connectivity index (χ2n) is 2.96. The minimum absolute atomic E-state index is 0. The maximum Gasteiger partial charge on any atom is 0.125 e. The Morgan fingerprint density at radius 1 is 1.67 bits per heavy atom. The molecule has 0 saturated heterocycles. The van der Waals surface area contributed by atoms with E-state index in [4.69, 9.17) is 10.8 Å². The molecular formula is C10H15FN4. The lowest BCUT2D eigenvalue weighted by Crippen LogP contribution is -2.35. The lowest BCUT2D eigenvalue weighted by molar-refractivity contribution is 0.628. The predicted molar refractivity (Wildman–Crippen MR) is 61.4 cm³/mol. The predicted octanol–water partition coefficient (Wildman–Crippen LogP) is 1.68. The van der Waals surface area contributed by atoms with Gasteiger partial charge in [0.25, 0.3) is 0 Å². The van der Waals surface area contributed by atoms with E-state index in [1.165, 1.54) is 17.0 Å². The zero-order valence-electron chi connectivity index (χ0n) is 8.42. The van der Waals surface area contributed by atoms with Gasteiger partial charge in [-0.2, -0.15) is 0 Å². The minimum atomic E-state index is -0.378. The zero-order valence-corrected chi connectivity index (χ0v) is 8.42. The van der Waals surface area contributed by atoms with Crippen LogP contribution < -0.4 is 10.2 Å². The summed E-state index contributed by atoms with van der Waals surface area (Å²) in [5.41, 5.74) is 0.477. The third kappa shape index (κ3) is 2.85. The van der Waals surface area contributed by atoms with Gasteiger partial charge in [-0.05, 0) is 25.2 Å². The molecule has 5 heteroatoms. The Morgan fingerprint density at radius 2 is 2.40 bits per heavy atom. The highest BCUT2D eigenvalue weighted by Crippen LogP contribution is 2.14. The minimum Gasteiger partial charge on any atom is -0.313 e. The molecule has 0 bridgehead atoms. The van der Waals surface area contributed by atoms with Gasteiger partial charge in [-0.3, -0.25) is 15.7 Å². The van der Waals surface area contributed by atoms with Crippen LogP contribution in [0.2, 0.25) is 0 Å². The van der Waals surface area contributed by atoms with Crippen LogP contribution in [0.5, 0.6) is 0 Å². The van der Waals surface area contributed by atoms with E-state index >= 15 is 0 Å². The van der Waals surface area contributed by atoms with Crippen LogP contribution in [0.4, 0.5) is 10.1 Å². The second kappa shape index (κ2) is 5.21. The van der Waals surface area contributed by atoms with Crippen LogP contribution in [-0.4, -0.2) is 25.8 Å². The highest BCUT2D eigenvalue weighted by molar-refractivity contribution is 6.09. The van der Waals surface area contributed by atoms with Gasteiger partial charge in [-0.25, -0.2) is 4.39 Å². The van der Waals surface area contributed by atoms with E-state index in [0.29, 0.717) is 12.2 Å². The van der Waals surface area contributed by atoms with Gasteiger partial charge in [-0.15, -0.1) is 0 Å². The molecule has 0 unspecified atom stereocenters. The van der Waals surface area contributed by atoms with Crippen molar-refractivity contribution in [2.24, 2.45) is 0 Å². The summed E-state index contributed by atoms with van der Waals surface area (Å²) in [6.07, 6.45) is 0.994. The van der Waals surface area contributed by atoms with Crippen LogP contribution in [0.1, 0.15) is 1.43 Å². The summed E-state index contributed by atoms with van der Waals surface area (Å²) in [7, 11) is 1.71. The first kappa shape index (κ1) is 11.3. The van der Waals surface area contributed by atoms with Crippen molar-refractivity contribution in [2.45, 2.75) is 0 Å². The van der Waals surface area contributed by atoms with E-state index in [-0.39, 0.29) is 13.1 Å². The smallest absolute Gasteiger partial charge is 0.125 e. The topological polar surface area (TPSA) is 63.0 Å². The zero-order chi connectivity index (χ0) is 11.3. The fourth-order valence-corrected chi connectivity index (χ4v) is 1.19. The molecule has 82 valence electrons. The molecule has 0 saturated carbocycles. The van der Waals surface area contributed by atoms with Crippen LogP contribution in [0.15, 0.2) is 24.3 Å². The van der Waals surface area contributed by atoms with Gasteiger partial charge in [0.05, 0.1) is 18.6 Å². The van der Waals surface area contributed by atoms with Crippen LogP contribution >= 0.6 is 0 Å². The van der Waals surface area contributed by atoms with Gasteiger partial charge < -0.3 is 5.32 Å². The molecule has 1 rings (SSSR count). The maximum absolute atomic E-state index is 12.9.